The number of hydrogen-bond donors (Lipinski definition) is 0. The molecule has 0 radical (unpaired) electrons. The summed E-state index contributed by atoms with van der Waals surface area (Å²) in [5.41, 5.74) is 2.32. The molecule has 0 aliphatic heterocycles. The van der Waals surface area contributed by atoms with Gasteiger partial charge in [-0.1, -0.05) is 33.8 Å². The van der Waals surface area contributed by atoms with Crippen LogP contribution in [0, 0.1) is 0 Å². The Kier molecular flexibility index (Phi) is 9.98. The van der Waals surface area contributed by atoms with Crippen LogP contribution in [0.5, 0.6) is 0 Å². The highest BCUT2D eigenvalue weighted by atomic mass is 28.1. The number of likely N-dealkylation sites (N-methyl/N-ethyl adjacent to an activating group) is 2. The summed E-state index contributed by atoms with van der Waals surface area (Å²) in [5, 5.41) is 0. The van der Waals surface area contributed by atoms with Gasteiger partial charge in [0.25, 0.3) is 0 Å². The molecule has 0 atom stereocenters. The molecule has 0 rings (SSSR count). The van der Waals surface area contributed by atoms with E-state index in [4.69, 9.17) is 0 Å². The third-order valence-corrected chi connectivity index (χ3v) is 3.33. The predicted molar refractivity (Wildman–Crippen MR) is 77.9 cm³/mol. The summed E-state index contributed by atoms with van der Waals surface area (Å²) in [6, 6.07) is 0. The van der Waals surface area contributed by atoms with Crippen LogP contribution in [0.2, 0.25) is 0 Å². The number of hydrogen-bond acceptors (Lipinski definition) is 2. The highest BCUT2D eigenvalue weighted by Crippen LogP contribution is 2.09. The fourth-order valence-corrected chi connectivity index (χ4v) is 2.52. The zero-order valence-corrected chi connectivity index (χ0v) is 13.9. The van der Waals surface area contributed by atoms with Gasteiger partial charge in [0.2, 0.25) is 0 Å². The average molecular weight is 242 g/mol. The van der Waals surface area contributed by atoms with Crippen molar-refractivity contribution < 1.29 is 0 Å². The van der Waals surface area contributed by atoms with Gasteiger partial charge >= 0.3 is 0 Å². The SMILES string of the molecule is CCCN(CC)C(C=C[SiH3])N(CC)CCC. The van der Waals surface area contributed by atoms with Gasteiger partial charge in [0.1, 0.15) is 0 Å². The van der Waals surface area contributed by atoms with E-state index in [1.807, 2.05) is 0 Å². The molecule has 0 saturated carbocycles. The van der Waals surface area contributed by atoms with Crippen molar-refractivity contribution in [3.8, 4) is 0 Å². The molecule has 0 bridgehead atoms. The van der Waals surface area contributed by atoms with Crippen molar-refractivity contribution in [2.75, 3.05) is 26.2 Å². The second-order valence-electron chi connectivity index (χ2n) is 4.20. The third-order valence-electron chi connectivity index (χ3n) is 2.95. The standard InChI is InChI=1S/C13H30N2Si/c1-5-10-14(7-3)13(9-12-16)15(8-4)11-6-2/h9,12-13H,5-8,10-11H2,1-4,16H3. The molecule has 0 unspecified atom stereocenters. The maximum atomic E-state index is 2.58. The quantitative estimate of drug-likeness (QED) is 0.448. The largest absolute Gasteiger partial charge is 0.285 e. The first-order valence-corrected chi connectivity index (χ1v) is 8.01. The van der Waals surface area contributed by atoms with E-state index in [9.17, 15) is 0 Å². The molecule has 3 heteroatoms. The highest BCUT2D eigenvalue weighted by molar-refractivity contribution is 6.17. The van der Waals surface area contributed by atoms with Crippen LogP contribution in [-0.2, 0) is 0 Å². The first-order valence-electron chi connectivity index (χ1n) is 6.85. The number of rotatable bonds is 9. The monoisotopic (exact) mass is 242 g/mol. The van der Waals surface area contributed by atoms with Gasteiger partial charge in [-0.25, -0.2) is 0 Å². The van der Waals surface area contributed by atoms with E-state index in [2.05, 4.69) is 49.3 Å². The van der Waals surface area contributed by atoms with Crippen molar-refractivity contribution in [3.63, 3.8) is 0 Å². The molecule has 0 heterocycles. The molecule has 0 aliphatic carbocycles. The minimum Gasteiger partial charge on any atom is -0.285 e. The normalized spacial score (nSPS) is 12.7. The molecule has 0 amide bonds. The topological polar surface area (TPSA) is 6.48 Å². The van der Waals surface area contributed by atoms with E-state index < -0.39 is 0 Å². The van der Waals surface area contributed by atoms with Crippen molar-refractivity contribution in [1.29, 1.82) is 0 Å². The molecule has 0 spiro atoms. The van der Waals surface area contributed by atoms with E-state index >= 15 is 0 Å². The highest BCUT2D eigenvalue weighted by Gasteiger charge is 2.18. The van der Waals surface area contributed by atoms with Gasteiger partial charge in [-0.3, -0.25) is 9.80 Å². The van der Waals surface area contributed by atoms with E-state index in [1.54, 1.807) is 0 Å². The third kappa shape index (κ3) is 5.28. The lowest BCUT2D eigenvalue weighted by atomic mass is 10.2. The van der Waals surface area contributed by atoms with Crippen molar-refractivity contribution in [3.05, 3.63) is 11.8 Å². The molecule has 0 saturated heterocycles. The molecule has 96 valence electrons. The van der Waals surface area contributed by atoms with Crippen LogP contribution >= 0.6 is 0 Å². The van der Waals surface area contributed by atoms with Crippen LogP contribution in [0.4, 0.5) is 0 Å². The Morgan fingerprint density at radius 1 is 0.938 bits per heavy atom. The maximum absolute atomic E-state index is 2.58. The predicted octanol–water partition coefficient (Wildman–Crippen LogP) is 1.66. The molecule has 0 aromatic rings. The minimum atomic E-state index is 0.521. The summed E-state index contributed by atoms with van der Waals surface area (Å²) in [5.74, 6) is 0. The smallest absolute Gasteiger partial charge is 0.0810 e. The molecular formula is C13H30N2Si. The van der Waals surface area contributed by atoms with Crippen LogP contribution in [-0.4, -0.2) is 52.4 Å². The van der Waals surface area contributed by atoms with E-state index in [0.717, 1.165) is 23.3 Å². The van der Waals surface area contributed by atoms with Gasteiger partial charge in [-0.05, 0) is 39.0 Å². The van der Waals surface area contributed by atoms with Crippen molar-refractivity contribution >= 4 is 10.2 Å². The van der Waals surface area contributed by atoms with Crippen molar-refractivity contribution in [2.45, 2.75) is 46.7 Å². The van der Waals surface area contributed by atoms with Crippen LogP contribution in [0.1, 0.15) is 40.5 Å². The summed E-state index contributed by atoms with van der Waals surface area (Å²) in [7, 11) is 1.16. The number of nitrogens with zero attached hydrogens (tertiary/aromatic N) is 2. The molecule has 0 aliphatic rings. The molecule has 0 aromatic carbocycles. The maximum Gasteiger partial charge on any atom is 0.0810 e. The van der Waals surface area contributed by atoms with Gasteiger partial charge in [0.15, 0.2) is 0 Å². The summed E-state index contributed by atoms with van der Waals surface area (Å²) >= 11 is 0. The molecule has 16 heavy (non-hydrogen) atoms. The van der Waals surface area contributed by atoms with Crippen molar-refractivity contribution in [2.24, 2.45) is 0 Å². The van der Waals surface area contributed by atoms with Crippen LogP contribution in [0.25, 0.3) is 0 Å². The fourth-order valence-electron chi connectivity index (χ4n) is 2.18. The minimum absolute atomic E-state index is 0.521. The average Bonchev–Trinajstić information content (AvgIpc) is 2.31. The Morgan fingerprint density at radius 2 is 1.38 bits per heavy atom. The second kappa shape index (κ2) is 10.1. The van der Waals surface area contributed by atoms with Gasteiger partial charge in [0, 0.05) is 10.2 Å². The Morgan fingerprint density at radius 3 is 1.62 bits per heavy atom. The Labute approximate surface area is 105 Å². The first kappa shape index (κ1) is 15.9. The van der Waals surface area contributed by atoms with Gasteiger partial charge in [-0.15, -0.1) is 5.70 Å². The summed E-state index contributed by atoms with van der Waals surface area (Å²) in [6.45, 7) is 13.8. The molecule has 0 N–H and O–H groups in total. The molecule has 2 nitrogen and oxygen atoms in total. The molecular weight excluding hydrogens is 212 g/mol. The van der Waals surface area contributed by atoms with Crippen LogP contribution in [0.15, 0.2) is 11.8 Å². The zero-order valence-electron chi connectivity index (χ0n) is 11.9. The van der Waals surface area contributed by atoms with E-state index in [-0.39, 0.29) is 0 Å². The summed E-state index contributed by atoms with van der Waals surface area (Å²) in [4.78, 5) is 5.15. The Bertz CT molecular complexity index is 169. The van der Waals surface area contributed by atoms with E-state index in [1.165, 1.54) is 25.9 Å². The van der Waals surface area contributed by atoms with Crippen LogP contribution in [0.3, 0.4) is 0 Å². The summed E-state index contributed by atoms with van der Waals surface area (Å²) < 4.78 is 0. The van der Waals surface area contributed by atoms with Gasteiger partial charge in [-0.2, -0.15) is 0 Å². The van der Waals surface area contributed by atoms with E-state index in [0.29, 0.717) is 6.17 Å². The fraction of sp³-hybridized carbons (Fsp3) is 0.846. The van der Waals surface area contributed by atoms with Crippen molar-refractivity contribution in [1.82, 2.24) is 9.80 Å². The molecule has 0 aromatic heterocycles. The van der Waals surface area contributed by atoms with Gasteiger partial charge < -0.3 is 0 Å². The Hall–Kier alpha value is -0.123. The lowest BCUT2D eigenvalue weighted by molar-refractivity contribution is 0.0835. The molecule has 0 fully saturated rings. The Balaban J connectivity index is 4.64. The van der Waals surface area contributed by atoms with Crippen LogP contribution < -0.4 is 0 Å². The lowest BCUT2D eigenvalue weighted by Gasteiger charge is -2.37. The summed E-state index contributed by atoms with van der Waals surface area (Å²) in [6.07, 6.45) is 5.39. The first-order chi connectivity index (χ1) is 7.74. The lowest BCUT2D eigenvalue weighted by Crippen LogP contribution is -2.47. The zero-order chi connectivity index (χ0) is 12.4. The van der Waals surface area contributed by atoms with Gasteiger partial charge in [0.05, 0.1) is 6.17 Å². The second-order valence-corrected chi connectivity index (χ2v) is 4.86.